The number of carbonyl (C=O) groups excluding carboxylic acids is 1. The Morgan fingerprint density at radius 3 is 2.26 bits per heavy atom. The second-order valence-electron chi connectivity index (χ2n) is 8.44. The maximum absolute atomic E-state index is 12.1. The van der Waals surface area contributed by atoms with Crippen molar-refractivity contribution in [2.75, 3.05) is 27.9 Å². The Bertz CT molecular complexity index is 684. The molecule has 27 heavy (non-hydrogen) atoms. The van der Waals surface area contributed by atoms with Crippen LogP contribution in [0, 0.1) is 0 Å². The highest BCUT2D eigenvalue weighted by molar-refractivity contribution is 6.74. The first-order valence-corrected chi connectivity index (χ1v) is 12.2. The Labute approximate surface area is 163 Å². The van der Waals surface area contributed by atoms with Crippen LogP contribution in [0.15, 0.2) is 12.1 Å². The summed E-state index contributed by atoms with van der Waals surface area (Å²) in [6.07, 6.45) is 1.05. The van der Waals surface area contributed by atoms with Crippen LogP contribution < -0.4 is 9.47 Å². The molecule has 2 rings (SSSR count). The summed E-state index contributed by atoms with van der Waals surface area (Å²) < 4.78 is 22.4. The second kappa shape index (κ2) is 8.20. The van der Waals surface area contributed by atoms with Crippen LogP contribution in [0.1, 0.15) is 44.4 Å². The fraction of sp³-hybridized carbons (Fsp3) is 0.650. The van der Waals surface area contributed by atoms with E-state index in [-0.39, 0.29) is 23.5 Å². The number of nitrogens with zero attached hydrogens (tertiary/aromatic N) is 1. The Morgan fingerprint density at radius 2 is 1.74 bits per heavy atom. The molecule has 6 nitrogen and oxygen atoms in total. The van der Waals surface area contributed by atoms with Gasteiger partial charge in [0.15, 0.2) is 11.5 Å². The van der Waals surface area contributed by atoms with E-state index in [2.05, 4.69) is 33.9 Å². The molecule has 0 N–H and O–H groups in total. The summed E-state index contributed by atoms with van der Waals surface area (Å²) in [4.78, 5) is 12.1. The van der Waals surface area contributed by atoms with Crippen LogP contribution in [0.3, 0.4) is 0 Å². The van der Waals surface area contributed by atoms with Crippen LogP contribution in [0.4, 0.5) is 0 Å². The molecule has 0 saturated heterocycles. The molecule has 0 radical (unpaired) electrons. The lowest BCUT2D eigenvalue weighted by Crippen LogP contribution is -2.49. The van der Waals surface area contributed by atoms with Crippen LogP contribution in [-0.4, -0.2) is 47.2 Å². The molecule has 1 heterocycles. The minimum atomic E-state index is -2.04. The van der Waals surface area contributed by atoms with Crippen molar-refractivity contribution in [3.8, 4) is 11.5 Å². The van der Waals surface area contributed by atoms with Gasteiger partial charge in [-0.3, -0.25) is 4.79 Å². The SMILES string of the molecule is COC(=O)CC1c2cc(OC)c(OC)cc2CCN1O[Si](C)(C)C(C)(C)C. The summed E-state index contributed by atoms with van der Waals surface area (Å²) in [5.74, 6) is 1.10. The molecule has 1 unspecified atom stereocenters. The van der Waals surface area contributed by atoms with Crippen LogP contribution in [0.2, 0.25) is 18.1 Å². The van der Waals surface area contributed by atoms with Gasteiger partial charge in [-0.25, -0.2) is 0 Å². The number of ether oxygens (including phenoxy) is 3. The third kappa shape index (κ3) is 4.65. The number of methoxy groups -OCH3 is 3. The molecule has 1 aliphatic heterocycles. The fourth-order valence-corrected chi connectivity index (χ4v) is 4.08. The lowest BCUT2D eigenvalue weighted by Gasteiger charge is -2.44. The van der Waals surface area contributed by atoms with Crippen molar-refractivity contribution in [1.29, 1.82) is 0 Å². The van der Waals surface area contributed by atoms with Crippen molar-refractivity contribution < 1.29 is 23.5 Å². The molecule has 1 aromatic rings. The van der Waals surface area contributed by atoms with E-state index < -0.39 is 8.32 Å². The summed E-state index contributed by atoms with van der Waals surface area (Å²) in [7, 11) is 2.63. The third-order valence-electron chi connectivity index (χ3n) is 5.69. The van der Waals surface area contributed by atoms with Crippen molar-refractivity contribution in [2.45, 2.75) is 57.8 Å². The first kappa shape index (κ1) is 21.7. The Morgan fingerprint density at radius 1 is 1.15 bits per heavy atom. The largest absolute Gasteiger partial charge is 0.493 e. The highest BCUT2D eigenvalue weighted by Crippen LogP contribution is 2.43. The number of carbonyl (C=O) groups is 1. The number of benzene rings is 1. The van der Waals surface area contributed by atoms with Gasteiger partial charge in [-0.15, -0.1) is 0 Å². The van der Waals surface area contributed by atoms with Crippen LogP contribution in [-0.2, 0) is 20.5 Å². The second-order valence-corrected chi connectivity index (χ2v) is 13.1. The first-order valence-electron chi connectivity index (χ1n) is 9.31. The predicted molar refractivity (Wildman–Crippen MR) is 108 cm³/mol. The van der Waals surface area contributed by atoms with Gasteiger partial charge in [0.05, 0.1) is 33.8 Å². The maximum atomic E-state index is 12.1. The van der Waals surface area contributed by atoms with Crippen LogP contribution in [0.25, 0.3) is 0 Å². The van der Waals surface area contributed by atoms with E-state index in [1.165, 1.54) is 7.11 Å². The molecule has 1 aliphatic rings. The average molecular weight is 396 g/mol. The van der Waals surface area contributed by atoms with Crippen molar-refractivity contribution >= 4 is 14.3 Å². The molecule has 1 aromatic carbocycles. The van der Waals surface area contributed by atoms with E-state index in [0.717, 1.165) is 24.1 Å². The van der Waals surface area contributed by atoms with Gasteiger partial charge in [-0.1, -0.05) is 20.8 Å². The molecule has 1 atom stereocenters. The van der Waals surface area contributed by atoms with Crippen molar-refractivity contribution in [3.63, 3.8) is 0 Å². The van der Waals surface area contributed by atoms with Gasteiger partial charge in [0, 0.05) is 6.54 Å². The zero-order chi connectivity index (χ0) is 20.4. The smallest absolute Gasteiger partial charge is 0.307 e. The fourth-order valence-electron chi connectivity index (χ4n) is 3.00. The zero-order valence-corrected chi connectivity index (χ0v) is 18.8. The average Bonchev–Trinajstić information content (AvgIpc) is 2.61. The third-order valence-corrected chi connectivity index (χ3v) is 10.00. The van der Waals surface area contributed by atoms with Gasteiger partial charge < -0.3 is 18.7 Å². The van der Waals surface area contributed by atoms with Crippen LogP contribution >= 0.6 is 0 Å². The van der Waals surface area contributed by atoms with Gasteiger partial charge in [-0.05, 0) is 47.8 Å². The molecular formula is C20H33NO5Si. The number of hydroxylamine groups is 2. The molecule has 0 spiro atoms. The van der Waals surface area contributed by atoms with E-state index >= 15 is 0 Å². The molecule has 0 fully saturated rings. The van der Waals surface area contributed by atoms with E-state index in [1.807, 2.05) is 17.2 Å². The lowest BCUT2D eigenvalue weighted by atomic mass is 9.91. The number of fused-ring (bicyclic) bond motifs is 1. The summed E-state index contributed by atoms with van der Waals surface area (Å²) in [6, 6.07) is 3.75. The molecule has 152 valence electrons. The van der Waals surface area contributed by atoms with Gasteiger partial charge >= 0.3 is 5.97 Å². The van der Waals surface area contributed by atoms with E-state index in [1.54, 1.807) is 14.2 Å². The van der Waals surface area contributed by atoms with Gasteiger partial charge in [0.2, 0.25) is 8.32 Å². The summed E-state index contributed by atoms with van der Waals surface area (Å²) in [5, 5.41) is 2.06. The van der Waals surface area contributed by atoms with E-state index in [4.69, 9.17) is 18.7 Å². The van der Waals surface area contributed by atoms with Crippen molar-refractivity contribution in [2.24, 2.45) is 0 Å². The van der Waals surface area contributed by atoms with Gasteiger partial charge in [-0.2, -0.15) is 5.06 Å². The number of esters is 1. The standard InChI is InChI=1S/C20H33NO5Si/c1-20(2,3)27(7,8)26-21-10-9-14-11-17(23-4)18(24-5)12-15(14)16(21)13-19(22)25-6/h11-12,16H,9-10,13H2,1-8H3. The summed E-state index contributed by atoms with van der Waals surface area (Å²) >= 11 is 0. The monoisotopic (exact) mass is 395 g/mol. The summed E-state index contributed by atoms with van der Waals surface area (Å²) in [6.45, 7) is 11.8. The molecular weight excluding hydrogens is 362 g/mol. The Kier molecular flexibility index (Phi) is 6.60. The molecule has 0 aromatic heterocycles. The zero-order valence-electron chi connectivity index (χ0n) is 17.8. The van der Waals surface area contributed by atoms with Crippen molar-refractivity contribution in [1.82, 2.24) is 5.06 Å². The molecule has 0 amide bonds. The highest BCUT2D eigenvalue weighted by Gasteiger charge is 2.42. The number of rotatable bonds is 6. The number of hydrogen-bond acceptors (Lipinski definition) is 6. The highest BCUT2D eigenvalue weighted by atomic mass is 28.4. The van der Waals surface area contributed by atoms with Crippen molar-refractivity contribution in [3.05, 3.63) is 23.3 Å². The molecule has 0 bridgehead atoms. The van der Waals surface area contributed by atoms with Crippen LogP contribution in [0.5, 0.6) is 11.5 Å². The maximum Gasteiger partial charge on any atom is 0.307 e. The first-order chi connectivity index (χ1) is 12.5. The quantitative estimate of drug-likeness (QED) is 0.534. The van der Waals surface area contributed by atoms with Gasteiger partial charge in [0.1, 0.15) is 0 Å². The molecule has 7 heteroatoms. The molecule has 0 saturated carbocycles. The van der Waals surface area contributed by atoms with E-state index in [9.17, 15) is 4.79 Å². The summed E-state index contributed by atoms with van der Waals surface area (Å²) in [5.41, 5.74) is 2.18. The Balaban J connectivity index is 2.45. The normalized spacial score (nSPS) is 18.0. The van der Waals surface area contributed by atoms with E-state index in [0.29, 0.717) is 11.5 Å². The lowest BCUT2D eigenvalue weighted by molar-refractivity contribution is -0.152. The Hall–Kier alpha value is -1.57. The predicted octanol–water partition coefficient (Wildman–Crippen LogP) is 4.10. The topological polar surface area (TPSA) is 57.2 Å². The number of hydrogen-bond donors (Lipinski definition) is 0. The van der Waals surface area contributed by atoms with Gasteiger partial charge in [0.25, 0.3) is 0 Å². The molecule has 0 aliphatic carbocycles. The minimum absolute atomic E-state index is 0.0701. The minimum Gasteiger partial charge on any atom is -0.493 e.